The van der Waals surface area contributed by atoms with Crippen molar-refractivity contribution in [3.05, 3.63) is 12.7 Å². The summed E-state index contributed by atoms with van der Waals surface area (Å²) in [6, 6.07) is 0. The molecule has 9 N–H and O–H groups in total. The lowest BCUT2D eigenvalue weighted by Gasteiger charge is -2.21. The molecule has 15 nitrogen and oxygen atoms in total. The van der Waals surface area contributed by atoms with Gasteiger partial charge < -0.3 is 36.5 Å². The van der Waals surface area contributed by atoms with Crippen LogP contribution in [0.5, 0.6) is 0 Å². The van der Waals surface area contributed by atoms with Gasteiger partial charge in [0.2, 0.25) is 0 Å². The van der Waals surface area contributed by atoms with Crippen LogP contribution in [0.25, 0.3) is 11.2 Å². The Morgan fingerprint density at radius 3 is 2.34 bits per heavy atom. The van der Waals surface area contributed by atoms with Crippen LogP contribution in [0.4, 0.5) is 5.82 Å². The summed E-state index contributed by atoms with van der Waals surface area (Å²) < 4.78 is 17.9. The van der Waals surface area contributed by atoms with E-state index in [0.29, 0.717) is 0 Å². The van der Waals surface area contributed by atoms with Crippen molar-refractivity contribution in [1.29, 1.82) is 0 Å². The molecule has 0 aliphatic carbocycles. The number of aromatic nitrogens is 4. The van der Waals surface area contributed by atoms with Gasteiger partial charge in [0.05, 0.1) is 19.2 Å². The second-order valence-corrected chi connectivity index (χ2v) is 7.85. The number of fused-ring (bicyclic) bond motifs is 1. The molecule has 190 valence electrons. The van der Waals surface area contributed by atoms with Crippen LogP contribution in [-0.4, -0.2) is 86.1 Å². The van der Waals surface area contributed by atoms with E-state index in [9.17, 15) is 24.3 Å². The average Bonchev–Trinajstić information content (AvgIpc) is 3.41. The Hall–Kier alpha value is -3.53. The lowest BCUT2D eigenvalue weighted by molar-refractivity contribution is -0.354. The summed E-state index contributed by atoms with van der Waals surface area (Å²) in [6.07, 6.45) is -2.61. The molecule has 0 radical (unpaired) electrons. The molecule has 4 atom stereocenters. The number of aliphatic hydroxyl groups is 1. The smallest absolute Gasteiger partial charge is 0.306 e. The number of nitrogen functional groups attached to an aromatic ring is 1. The van der Waals surface area contributed by atoms with Gasteiger partial charge in [-0.1, -0.05) is 0 Å². The number of ether oxygens (including phenoxy) is 3. The number of carbonyl (C=O) groups is 4. The van der Waals surface area contributed by atoms with Gasteiger partial charge in [-0.25, -0.2) is 15.0 Å². The highest BCUT2D eigenvalue weighted by atomic mass is 16.6. The fourth-order valence-electron chi connectivity index (χ4n) is 3.45. The normalized spacial score (nSPS) is 21.7. The highest BCUT2D eigenvalue weighted by molar-refractivity contribution is 5.84. The number of aliphatic hydroxyl groups excluding tert-OH is 1. The maximum Gasteiger partial charge on any atom is 0.306 e. The van der Waals surface area contributed by atoms with Crippen LogP contribution in [0.15, 0.2) is 12.7 Å². The van der Waals surface area contributed by atoms with Crippen LogP contribution in [0.3, 0.4) is 0 Å². The first kappa shape index (κ1) is 26.1. The summed E-state index contributed by atoms with van der Waals surface area (Å²) in [6.45, 7) is -0.242. The Morgan fingerprint density at radius 1 is 1.03 bits per heavy atom. The Bertz CT molecular complexity index is 1090. The van der Waals surface area contributed by atoms with Crippen molar-refractivity contribution in [3.63, 3.8) is 0 Å². The van der Waals surface area contributed by atoms with E-state index in [1.165, 1.54) is 17.2 Å². The van der Waals surface area contributed by atoms with Crippen molar-refractivity contribution < 1.29 is 50.0 Å². The molecule has 3 rings (SSSR count). The van der Waals surface area contributed by atoms with Gasteiger partial charge in [-0.3, -0.25) is 23.7 Å². The largest absolute Gasteiger partial charge is 0.463 e. The molecule has 1 aliphatic heterocycles. The van der Waals surface area contributed by atoms with Crippen LogP contribution in [-0.2, 0) is 33.4 Å². The predicted octanol–water partition coefficient (Wildman–Crippen LogP) is -3.70. The zero-order valence-corrected chi connectivity index (χ0v) is 19.0. The highest BCUT2D eigenvalue weighted by Crippen LogP contribution is 2.34. The summed E-state index contributed by atoms with van der Waals surface area (Å²) in [4.78, 5) is 59.4. The number of hydrogen-bond donors (Lipinski definition) is 4. The Morgan fingerprint density at radius 2 is 1.69 bits per heavy atom. The third kappa shape index (κ3) is 6.33. The number of rotatable bonds is 12. The number of nitrogens with two attached hydrogens (primary N) is 1. The standard InChI is InChI=1S/C20H27N7O8/c21-5-10(28)1-3-13(30)33-7-12-16(32)17(35-14(31)4-2-11(29)6-22)20(34-12)27-9-26-15-18(23)24-8-25-19(15)27/h8-9,12,16-17,20,32H,1-7,21-22H2,(H2,23,24,25)/p+2/t12-,16-,17-,20-/m1/s1. The number of Topliss-reactive ketones (excluding diaryl/α,β-unsaturated/α-hetero) is 2. The van der Waals surface area contributed by atoms with Crippen LogP contribution in [0, 0.1) is 0 Å². The average molecular weight is 495 g/mol. The minimum Gasteiger partial charge on any atom is -0.463 e. The van der Waals surface area contributed by atoms with Crippen molar-refractivity contribution in [2.45, 2.75) is 50.2 Å². The maximum atomic E-state index is 12.4. The summed E-state index contributed by atoms with van der Waals surface area (Å²) in [5, 5.41) is 10.9. The number of nitrogens with zero attached hydrogens (tertiary/aromatic N) is 4. The van der Waals surface area contributed by atoms with E-state index in [1.807, 2.05) is 0 Å². The van der Waals surface area contributed by atoms with Gasteiger partial charge in [0, 0.05) is 12.8 Å². The summed E-state index contributed by atoms with van der Waals surface area (Å²) in [7, 11) is 0. The molecule has 2 aromatic heterocycles. The van der Waals surface area contributed by atoms with E-state index in [2.05, 4.69) is 26.4 Å². The first-order chi connectivity index (χ1) is 16.7. The van der Waals surface area contributed by atoms with Gasteiger partial charge in [-0.05, 0) is 0 Å². The first-order valence-electron chi connectivity index (χ1n) is 11.0. The quantitative estimate of drug-likeness (QED) is 0.208. The van der Waals surface area contributed by atoms with Crippen molar-refractivity contribution in [2.75, 3.05) is 25.4 Å². The van der Waals surface area contributed by atoms with E-state index < -0.39 is 36.5 Å². The Labute approximate surface area is 198 Å². The molecule has 0 spiro atoms. The molecule has 1 fully saturated rings. The molecule has 0 unspecified atom stereocenters. The second-order valence-electron chi connectivity index (χ2n) is 7.85. The van der Waals surface area contributed by atoms with Crippen LogP contribution in [0.1, 0.15) is 31.9 Å². The van der Waals surface area contributed by atoms with Crippen molar-refractivity contribution in [1.82, 2.24) is 19.5 Å². The molecular weight excluding hydrogens is 466 g/mol. The number of imidazole rings is 1. The van der Waals surface area contributed by atoms with Gasteiger partial charge in [-0.2, -0.15) is 0 Å². The number of hydrogen-bond acceptors (Lipinski definition) is 12. The number of ketones is 2. The molecule has 0 aromatic carbocycles. The molecule has 1 saturated heterocycles. The predicted molar refractivity (Wildman–Crippen MR) is 114 cm³/mol. The van der Waals surface area contributed by atoms with E-state index in [0.717, 1.165) is 0 Å². The fourth-order valence-corrected chi connectivity index (χ4v) is 3.45. The summed E-state index contributed by atoms with van der Waals surface area (Å²) in [5.41, 5.74) is 13.3. The topological polar surface area (TPSA) is 241 Å². The van der Waals surface area contributed by atoms with Crippen LogP contribution >= 0.6 is 0 Å². The van der Waals surface area contributed by atoms with Gasteiger partial charge in [0.25, 0.3) is 0 Å². The fraction of sp³-hybridized carbons (Fsp3) is 0.550. The molecule has 2 aromatic rings. The molecule has 0 amide bonds. The van der Waals surface area contributed by atoms with E-state index >= 15 is 0 Å². The molecule has 0 bridgehead atoms. The molecular formula is C20H29N7O8+2. The van der Waals surface area contributed by atoms with Crippen molar-refractivity contribution >= 4 is 40.5 Å². The molecule has 3 heterocycles. The highest BCUT2D eigenvalue weighted by Gasteiger charge is 2.48. The third-order valence-corrected chi connectivity index (χ3v) is 5.42. The van der Waals surface area contributed by atoms with E-state index in [-0.39, 0.29) is 73.9 Å². The number of quaternary nitrogens is 2. The lowest BCUT2D eigenvalue weighted by atomic mass is 10.1. The van der Waals surface area contributed by atoms with E-state index in [1.54, 1.807) is 0 Å². The zero-order valence-electron chi connectivity index (χ0n) is 19.0. The SMILES string of the molecule is Nc1ncnc2c1ncn2[C@@H]1O[C@H](COC(=O)CCC(=O)C[NH3+])[C@@H](O)[C@H]1OC(=O)CCC(=O)C[NH3+]. The lowest BCUT2D eigenvalue weighted by Crippen LogP contribution is -2.54. The van der Waals surface area contributed by atoms with Gasteiger partial charge in [-0.15, -0.1) is 0 Å². The molecule has 1 aliphatic rings. The maximum absolute atomic E-state index is 12.4. The number of esters is 2. The Balaban J connectivity index is 1.76. The number of anilines is 1. The molecule has 15 heteroatoms. The minimum atomic E-state index is -1.39. The van der Waals surface area contributed by atoms with Gasteiger partial charge in [0.1, 0.15) is 43.7 Å². The van der Waals surface area contributed by atoms with Gasteiger partial charge >= 0.3 is 11.9 Å². The van der Waals surface area contributed by atoms with Crippen LogP contribution in [0.2, 0.25) is 0 Å². The minimum absolute atomic E-state index is 0.00652. The van der Waals surface area contributed by atoms with E-state index in [4.69, 9.17) is 19.9 Å². The summed E-state index contributed by atoms with van der Waals surface area (Å²) in [5.74, 6) is -1.66. The second kappa shape index (κ2) is 11.7. The first-order valence-corrected chi connectivity index (χ1v) is 11.0. The Kier molecular flexibility index (Phi) is 8.75. The summed E-state index contributed by atoms with van der Waals surface area (Å²) >= 11 is 0. The molecule has 35 heavy (non-hydrogen) atoms. The van der Waals surface area contributed by atoms with Gasteiger partial charge in [0.15, 0.2) is 35.4 Å². The monoisotopic (exact) mass is 495 g/mol. The van der Waals surface area contributed by atoms with Crippen molar-refractivity contribution in [2.24, 2.45) is 0 Å². The van der Waals surface area contributed by atoms with Crippen molar-refractivity contribution in [3.8, 4) is 0 Å². The van der Waals surface area contributed by atoms with Crippen LogP contribution < -0.4 is 17.2 Å². The molecule has 0 saturated carbocycles. The third-order valence-electron chi connectivity index (χ3n) is 5.42. The zero-order chi connectivity index (χ0) is 25.5. The number of carbonyl (C=O) groups excluding carboxylic acids is 4.